The summed E-state index contributed by atoms with van der Waals surface area (Å²) in [7, 11) is -3.14. The summed E-state index contributed by atoms with van der Waals surface area (Å²) in [5, 5.41) is 9.70. The minimum atomic E-state index is -3.14. The van der Waals surface area contributed by atoms with Crippen LogP contribution < -0.4 is 0 Å². The normalized spacial score (nSPS) is 27.2. The summed E-state index contributed by atoms with van der Waals surface area (Å²) in [5.74, 6) is 0. The number of β-amino-alcohol motifs (C(OH)–C–C–N with tert-alkyl or cyclic N) is 1. The molecule has 0 aromatic rings. The first-order valence-corrected chi connectivity index (χ1v) is 7.99. The van der Waals surface area contributed by atoms with Crippen molar-refractivity contribution in [2.75, 3.05) is 25.9 Å². The molecule has 1 saturated heterocycles. The average molecular weight is 264 g/mol. The van der Waals surface area contributed by atoms with Crippen molar-refractivity contribution in [2.45, 2.75) is 45.4 Å². The third-order valence-corrected chi connectivity index (χ3v) is 4.68. The van der Waals surface area contributed by atoms with E-state index in [1.807, 2.05) is 6.92 Å². The van der Waals surface area contributed by atoms with E-state index in [2.05, 4.69) is 18.7 Å². The van der Waals surface area contributed by atoms with Crippen LogP contribution in [0.25, 0.3) is 0 Å². The van der Waals surface area contributed by atoms with E-state index in [9.17, 15) is 13.5 Å². The summed E-state index contributed by atoms with van der Waals surface area (Å²) < 4.78 is 24.6. The highest BCUT2D eigenvalue weighted by atomic mass is 32.2. The fraction of sp³-hybridized carbons (Fsp3) is 1.00. The van der Waals surface area contributed by atoms with Gasteiger partial charge in [-0.3, -0.25) is 4.90 Å². The van der Waals surface area contributed by atoms with Crippen molar-refractivity contribution in [3.63, 3.8) is 0 Å². The first-order valence-electron chi connectivity index (χ1n) is 6.14. The van der Waals surface area contributed by atoms with Crippen LogP contribution in [-0.4, -0.2) is 66.8 Å². The SMILES string of the molecule is CCN(CC1CC(O)CN1C(C)C)S(C)(=O)=O. The molecule has 1 aliphatic rings. The Morgan fingerprint density at radius 3 is 2.47 bits per heavy atom. The molecule has 1 heterocycles. The zero-order valence-electron chi connectivity index (χ0n) is 11.1. The molecule has 1 fully saturated rings. The Bertz CT molecular complexity index is 343. The maximum absolute atomic E-state index is 11.6. The van der Waals surface area contributed by atoms with Gasteiger partial charge >= 0.3 is 0 Å². The van der Waals surface area contributed by atoms with Gasteiger partial charge in [-0.1, -0.05) is 6.92 Å². The molecule has 0 aromatic carbocycles. The maximum Gasteiger partial charge on any atom is 0.211 e. The van der Waals surface area contributed by atoms with Crippen molar-refractivity contribution in [3.05, 3.63) is 0 Å². The first kappa shape index (κ1) is 14.9. The molecule has 0 radical (unpaired) electrons. The van der Waals surface area contributed by atoms with Gasteiger partial charge < -0.3 is 5.11 Å². The largest absolute Gasteiger partial charge is 0.392 e. The molecule has 0 spiro atoms. The molecule has 2 unspecified atom stereocenters. The molecule has 0 aliphatic carbocycles. The third-order valence-electron chi connectivity index (χ3n) is 3.33. The van der Waals surface area contributed by atoms with Crippen LogP contribution in [0.1, 0.15) is 27.2 Å². The molecule has 0 saturated carbocycles. The van der Waals surface area contributed by atoms with E-state index in [0.717, 1.165) is 0 Å². The topological polar surface area (TPSA) is 60.9 Å². The Balaban J connectivity index is 2.72. The second kappa shape index (κ2) is 5.65. The molecule has 1 N–H and O–H groups in total. The van der Waals surface area contributed by atoms with Crippen LogP contribution in [0.2, 0.25) is 0 Å². The summed E-state index contributed by atoms with van der Waals surface area (Å²) in [4.78, 5) is 2.18. The standard InChI is InChI=1S/C11H24N2O3S/c1-5-12(17(4,15)16)7-10-6-11(14)8-13(10)9(2)3/h9-11,14H,5-8H2,1-4H3. The minimum Gasteiger partial charge on any atom is -0.392 e. The third kappa shape index (κ3) is 3.91. The Morgan fingerprint density at radius 1 is 1.47 bits per heavy atom. The summed E-state index contributed by atoms with van der Waals surface area (Å²) >= 11 is 0. The van der Waals surface area contributed by atoms with E-state index in [0.29, 0.717) is 32.1 Å². The van der Waals surface area contributed by atoms with Crippen LogP contribution >= 0.6 is 0 Å². The summed E-state index contributed by atoms with van der Waals surface area (Å²) in [6.45, 7) is 7.58. The quantitative estimate of drug-likeness (QED) is 0.766. The van der Waals surface area contributed by atoms with E-state index in [1.54, 1.807) is 0 Å². The number of hydrogen-bond acceptors (Lipinski definition) is 4. The van der Waals surface area contributed by atoms with Gasteiger partial charge in [0.15, 0.2) is 0 Å². The molecular weight excluding hydrogens is 240 g/mol. The van der Waals surface area contributed by atoms with Crippen molar-refractivity contribution >= 4 is 10.0 Å². The molecule has 2 atom stereocenters. The predicted octanol–water partition coefficient (Wildman–Crippen LogP) is 0.111. The lowest BCUT2D eigenvalue weighted by atomic mass is 10.2. The Kier molecular flexibility index (Phi) is 4.95. The Hall–Kier alpha value is -0.170. The van der Waals surface area contributed by atoms with E-state index in [4.69, 9.17) is 0 Å². The number of hydrogen-bond donors (Lipinski definition) is 1. The van der Waals surface area contributed by atoms with Gasteiger partial charge in [-0.25, -0.2) is 12.7 Å². The lowest BCUT2D eigenvalue weighted by Gasteiger charge is -2.31. The fourth-order valence-electron chi connectivity index (χ4n) is 2.46. The molecule has 0 aromatic heterocycles. The van der Waals surface area contributed by atoms with Crippen molar-refractivity contribution in [2.24, 2.45) is 0 Å². The number of sulfonamides is 1. The molecule has 102 valence electrons. The van der Waals surface area contributed by atoms with E-state index in [1.165, 1.54) is 10.6 Å². The highest BCUT2D eigenvalue weighted by Crippen LogP contribution is 2.22. The number of likely N-dealkylation sites (N-methyl/N-ethyl adjacent to an activating group) is 1. The first-order chi connectivity index (χ1) is 7.75. The second-order valence-electron chi connectivity index (χ2n) is 5.05. The van der Waals surface area contributed by atoms with Gasteiger partial charge in [0.05, 0.1) is 12.4 Å². The van der Waals surface area contributed by atoms with E-state index < -0.39 is 10.0 Å². The number of aliphatic hydroxyl groups excluding tert-OH is 1. The van der Waals surface area contributed by atoms with Crippen molar-refractivity contribution in [3.8, 4) is 0 Å². The average Bonchev–Trinajstić information content (AvgIpc) is 2.54. The lowest BCUT2D eigenvalue weighted by molar-refractivity contribution is 0.154. The predicted molar refractivity (Wildman–Crippen MR) is 68.3 cm³/mol. The van der Waals surface area contributed by atoms with Gasteiger partial charge in [0.2, 0.25) is 10.0 Å². The zero-order valence-corrected chi connectivity index (χ0v) is 11.9. The van der Waals surface area contributed by atoms with Gasteiger partial charge in [-0.05, 0) is 20.3 Å². The Morgan fingerprint density at radius 2 is 2.06 bits per heavy atom. The van der Waals surface area contributed by atoms with Crippen molar-refractivity contribution in [1.82, 2.24) is 9.21 Å². The van der Waals surface area contributed by atoms with Crippen LogP contribution in [0.4, 0.5) is 0 Å². The fourth-order valence-corrected chi connectivity index (χ4v) is 3.37. The molecule has 0 bridgehead atoms. The smallest absolute Gasteiger partial charge is 0.211 e. The molecule has 17 heavy (non-hydrogen) atoms. The van der Waals surface area contributed by atoms with E-state index >= 15 is 0 Å². The van der Waals surface area contributed by atoms with Crippen LogP contribution in [-0.2, 0) is 10.0 Å². The van der Waals surface area contributed by atoms with Gasteiger partial charge in [-0.15, -0.1) is 0 Å². The van der Waals surface area contributed by atoms with Gasteiger partial charge in [0, 0.05) is 31.7 Å². The Labute approximate surface area is 104 Å². The minimum absolute atomic E-state index is 0.125. The molecule has 5 nitrogen and oxygen atoms in total. The van der Waals surface area contributed by atoms with Crippen LogP contribution in [0.5, 0.6) is 0 Å². The summed E-state index contributed by atoms with van der Waals surface area (Å²) in [6, 6.07) is 0.454. The van der Waals surface area contributed by atoms with Gasteiger partial charge in [-0.2, -0.15) is 0 Å². The van der Waals surface area contributed by atoms with Crippen LogP contribution in [0.3, 0.4) is 0 Å². The monoisotopic (exact) mass is 264 g/mol. The molecule has 1 rings (SSSR count). The van der Waals surface area contributed by atoms with Gasteiger partial charge in [0.25, 0.3) is 0 Å². The molecular formula is C11H24N2O3S. The van der Waals surface area contributed by atoms with Crippen LogP contribution in [0, 0.1) is 0 Å². The van der Waals surface area contributed by atoms with Crippen molar-refractivity contribution in [1.29, 1.82) is 0 Å². The lowest BCUT2D eigenvalue weighted by Crippen LogP contribution is -2.45. The number of likely N-dealkylation sites (tertiary alicyclic amines) is 1. The number of rotatable bonds is 5. The van der Waals surface area contributed by atoms with E-state index in [-0.39, 0.29) is 12.1 Å². The number of nitrogens with zero attached hydrogens (tertiary/aromatic N) is 2. The van der Waals surface area contributed by atoms with Crippen LogP contribution in [0.15, 0.2) is 0 Å². The summed E-state index contributed by atoms with van der Waals surface area (Å²) in [5.41, 5.74) is 0. The zero-order chi connectivity index (χ0) is 13.2. The highest BCUT2D eigenvalue weighted by Gasteiger charge is 2.34. The second-order valence-corrected chi connectivity index (χ2v) is 7.03. The molecule has 0 amide bonds. The molecule has 1 aliphatic heterocycles. The maximum atomic E-state index is 11.6. The highest BCUT2D eigenvalue weighted by molar-refractivity contribution is 7.88. The van der Waals surface area contributed by atoms with Gasteiger partial charge in [0.1, 0.15) is 0 Å². The molecule has 6 heteroatoms. The summed E-state index contributed by atoms with van der Waals surface area (Å²) in [6.07, 6.45) is 1.56. The number of aliphatic hydroxyl groups is 1. The van der Waals surface area contributed by atoms with Crippen molar-refractivity contribution < 1.29 is 13.5 Å².